The van der Waals surface area contributed by atoms with E-state index in [2.05, 4.69) is 30.0 Å². The lowest BCUT2D eigenvalue weighted by molar-refractivity contribution is -0.0181. The summed E-state index contributed by atoms with van der Waals surface area (Å²) in [4.78, 5) is 22.6. The van der Waals surface area contributed by atoms with Gasteiger partial charge in [0.2, 0.25) is 0 Å². The van der Waals surface area contributed by atoms with Crippen molar-refractivity contribution in [1.29, 1.82) is 0 Å². The number of rotatable bonds is 4. The molecule has 0 saturated heterocycles. The van der Waals surface area contributed by atoms with Crippen molar-refractivity contribution in [2.45, 2.75) is 38.5 Å². The Balaban J connectivity index is 1.40. The fraction of sp³-hybridized carbons (Fsp3) is 0.312. The quantitative estimate of drug-likeness (QED) is 0.398. The fourth-order valence-corrected chi connectivity index (χ4v) is 7.11. The van der Waals surface area contributed by atoms with E-state index >= 15 is 0 Å². The molecular weight excluding hydrogens is 448 g/mol. The lowest BCUT2D eigenvalue weighted by Gasteiger charge is -2.54. The maximum Gasteiger partial charge on any atom is 0.335 e. The Morgan fingerprint density at radius 2 is 1.06 bits per heavy atom. The summed E-state index contributed by atoms with van der Waals surface area (Å²) in [6, 6.07) is 20.0. The van der Waals surface area contributed by atoms with Crippen molar-refractivity contribution in [1.82, 2.24) is 0 Å². The number of carboxylic acid groups (broad SMARTS) is 2. The summed E-state index contributed by atoms with van der Waals surface area (Å²) in [7, 11) is 0. The van der Waals surface area contributed by atoms with Gasteiger partial charge in [-0.25, -0.2) is 9.59 Å². The topological polar surface area (TPSA) is 74.6 Å². The Morgan fingerprint density at radius 1 is 0.639 bits per heavy atom. The number of aromatic carboxylic acids is 2. The van der Waals surface area contributed by atoms with E-state index < -0.39 is 11.9 Å². The summed E-state index contributed by atoms with van der Waals surface area (Å²) in [6.07, 6.45) is 7.85. The molecule has 36 heavy (non-hydrogen) atoms. The molecule has 0 spiro atoms. The molecule has 4 fully saturated rings. The Labute approximate surface area is 211 Å². The summed E-state index contributed by atoms with van der Waals surface area (Å²) in [5.74, 6) is 7.91. The summed E-state index contributed by atoms with van der Waals surface area (Å²) in [6.45, 7) is 0. The van der Waals surface area contributed by atoms with Crippen LogP contribution in [0.4, 0.5) is 0 Å². The maximum absolute atomic E-state index is 11.3. The number of hydrogen-bond acceptors (Lipinski definition) is 2. The van der Waals surface area contributed by atoms with Crippen molar-refractivity contribution in [3.63, 3.8) is 0 Å². The minimum Gasteiger partial charge on any atom is -0.478 e. The fourth-order valence-electron chi connectivity index (χ4n) is 7.11. The summed E-state index contributed by atoms with van der Waals surface area (Å²) < 4.78 is 0. The van der Waals surface area contributed by atoms with E-state index in [1.165, 1.54) is 38.5 Å². The van der Waals surface area contributed by atoms with E-state index in [9.17, 15) is 19.8 Å². The molecule has 4 bridgehead atoms. The van der Waals surface area contributed by atoms with Gasteiger partial charge in [0.15, 0.2) is 0 Å². The van der Waals surface area contributed by atoms with Crippen molar-refractivity contribution in [3.8, 4) is 34.1 Å². The molecular formula is C32H28O4. The molecule has 0 heterocycles. The van der Waals surface area contributed by atoms with Gasteiger partial charge in [-0.05, 0) is 121 Å². The summed E-state index contributed by atoms with van der Waals surface area (Å²) in [5.41, 5.74) is 5.34. The SMILES string of the molecule is O=C(O)c1ccc(-c2cc(C#CC34CC5CC(CC(C5)C3)C4)cc(-c3ccc(C(=O)O)cc3)c2)cc1. The van der Waals surface area contributed by atoms with Crippen molar-refractivity contribution in [2.75, 3.05) is 0 Å². The Bertz CT molecular complexity index is 1290. The zero-order chi connectivity index (χ0) is 24.9. The third-order valence-electron chi connectivity index (χ3n) is 8.37. The molecule has 0 amide bonds. The maximum atomic E-state index is 11.3. The van der Waals surface area contributed by atoms with Crippen LogP contribution in [0.1, 0.15) is 64.8 Å². The molecule has 4 aliphatic carbocycles. The summed E-state index contributed by atoms with van der Waals surface area (Å²) >= 11 is 0. The zero-order valence-corrected chi connectivity index (χ0v) is 20.0. The first-order valence-electron chi connectivity index (χ1n) is 12.7. The second-order valence-corrected chi connectivity index (χ2v) is 11.0. The van der Waals surface area contributed by atoms with Crippen LogP contribution in [0.5, 0.6) is 0 Å². The lowest BCUT2D eigenvalue weighted by Crippen LogP contribution is -2.45. The summed E-state index contributed by atoms with van der Waals surface area (Å²) in [5, 5.41) is 18.5. The Kier molecular flexibility index (Phi) is 5.45. The van der Waals surface area contributed by atoms with Crippen LogP contribution < -0.4 is 0 Å². The molecule has 0 radical (unpaired) electrons. The first-order chi connectivity index (χ1) is 17.4. The van der Waals surface area contributed by atoms with Gasteiger partial charge in [0.05, 0.1) is 11.1 Å². The van der Waals surface area contributed by atoms with Gasteiger partial charge in [0.25, 0.3) is 0 Å². The normalized spacial score (nSPS) is 25.7. The van der Waals surface area contributed by atoms with Crippen molar-refractivity contribution in [3.05, 3.63) is 83.4 Å². The minimum atomic E-state index is -0.948. The average molecular weight is 477 g/mol. The van der Waals surface area contributed by atoms with Gasteiger partial charge in [0, 0.05) is 11.0 Å². The van der Waals surface area contributed by atoms with E-state index in [-0.39, 0.29) is 16.5 Å². The highest BCUT2D eigenvalue weighted by molar-refractivity contribution is 5.89. The highest BCUT2D eigenvalue weighted by Gasteiger charge is 2.50. The lowest BCUT2D eigenvalue weighted by atomic mass is 9.50. The highest BCUT2D eigenvalue weighted by Crippen LogP contribution is 2.59. The smallest absolute Gasteiger partial charge is 0.335 e. The molecule has 4 heteroatoms. The van der Waals surface area contributed by atoms with Crippen LogP contribution in [0.2, 0.25) is 0 Å². The van der Waals surface area contributed by atoms with E-state index in [1.807, 2.05) is 24.3 Å². The van der Waals surface area contributed by atoms with Gasteiger partial charge in [-0.1, -0.05) is 36.1 Å². The van der Waals surface area contributed by atoms with Crippen molar-refractivity contribution < 1.29 is 19.8 Å². The van der Waals surface area contributed by atoms with Gasteiger partial charge < -0.3 is 10.2 Å². The van der Waals surface area contributed by atoms with Crippen LogP contribution in [-0.4, -0.2) is 22.2 Å². The molecule has 3 aromatic rings. The van der Waals surface area contributed by atoms with Crippen LogP contribution in [0.3, 0.4) is 0 Å². The van der Waals surface area contributed by atoms with Gasteiger partial charge >= 0.3 is 11.9 Å². The first-order valence-corrected chi connectivity index (χ1v) is 12.7. The first kappa shape index (κ1) is 22.6. The highest BCUT2D eigenvalue weighted by atomic mass is 16.4. The van der Waals surface area contributed by atoms with E-state index in [4.69, 9.17) is 0 Å². The molecule has 4 aliphatic rings. The van der Waals surface area contributed by atoms with Crippen molar-refractivity contribution in [2.24, 2.45) is 23.2 Å². The van der Waals surface area contributed by atoms with Gasteiger partial charge in [-0.15, -0.1) is 0 Å². The predicted molar refractivity (Wildman–Crippen MR) is 139 cm³/mol. The molecule has 0 unspecified atom stereocenters. The van der Waals surface area contributed by atoms with E-state index in [0.29, 0.717) is 0 Å². The van der Waals surface area contributed by atoms with Gasteiger partial charge in [0.1, 0.15) is 0 Å². The third-order valence-corrected chi connectivity index (χ3v) is 8.37. The molecule has 4 saturated carbocycles. The number of hydrogen-bond donors (Lipinski definition) is 2. The molecule has 4 nitrogen and oxygen atoms in total. The van der Waals surface area contributed by atoms with Crippen LogP contribution in [-0.2, 0) is 0 Å². The monoisotopic (exact) mass is 476 g/mol. The van der Waals surface area contributed by atoms with Crippen molar-refractivity contribution >= 4 is 11.9 Å². The van der Waals surface area contributed by atoms with Crippen LogP contribution in [0.25, 0.3) is 22.3 Å². The van der Waals surface area contributed by atoms with Crippen LogP contribution in [0, 0.1) is 35.0 Å². The second kappa shape index (κ2) is 8.68. The predicted octanol–water partition coefficient (Wildman–Crippen LogP) is 6.98. The largest absolute Gasteiger partial charge is 0.478 e. The standard InChI is InChI=1S/C32H28O4/c33-30(34)26-5-1-24(2-6-26)28-14-20(15-29(16-28)25-3-7-27(8-4-25)31(35)36)9-10-32-17-21-11-22(18-32)13-23(12-21)19-32/h1-8,14-16,21-23H,11-13,17-19H2,(H,33,34)(H,35,36). The van der Waals surface area contributed by atoms with E-state index in [0.717, 1.165) is 45.6 Å². The molecule has 0 aromatic heterocycles. The average Bonchev–Trinajstić information content (AvgIpc) is 2.87. The number of benzene rings is 3. The number of carbonyl (C=O) groups is 2. The van der Waals surface area contributed by atoms with Gasteiger partial charge in [-0.2, -0.15) is 0 Å². The molecule has 2 N–H and O–H groups in total. The number of carboxylic acids is 2. The van der Waals surface area contributed by atoms with Crippen LogP contribution in [0.15, 0.2) is 66.7 Å². The molecule has 3 aromatic carbocycles. The second-order valence-electron chi connectivity index (χ2n) is 11.0. The molecule has 180 valence electrons. The van der Waals surface area contributed by atoms with E-state index in [1.54, 1.807) is 24.3 Å². The molecule has 0 atom stereocenters. The minimum absolute atomic E-state index is 0.150. The van der Waals surface area contributed by atoms with Gasteiger partial charge in [-0.3, -0.25) is 0 Å². The zero-order valence-electron chi connectivity index (χ0n) is 20.0. The molecule has 7 rings (SSSR count). The molecule has 0 aliphatic heterocycles. The Morgan fingerprint density at radius 3 is 1.44 bits per heavy atom. The van der Waals surface area contributed by atoms with Crippen LogP contribution >= 0.6 is 0 Å². The Hall–Kier alpha value is -3.84. The third kappa shape index (κ3) is 4.31.